The van der Waals surface area contributed by atoms with Gasteiger partial charge < -0.3 is 11.5 Å². The Morgan fingerprint density at radius 2 is 1.92 bits per heavy atom. The van der Waals surface area contributed by atoms with Gasteiger partial charge >= 0.3 is 0 Å². The molecule has 1 aromatic rings. The number of nitrogens with two attached hydrogens (primary N) is 2. The molecular formula is C9H12N3O. The lowest BCUT2D eigenvalue weighted by molar-refractivity contribution is -0.119. The molecule has 0 aliphatic heterocycles. The highest BCUT2D eigenvalue weighted by Crippen LogP contribution is 2.06. The van der Waals surface area contributed by atoms with Crippen LogP contribution in [-0.4, -0.2) is 11.9 Å². The fourth-order valence-corrected chi connectivity index (χ4v) is 1.00. The van der Waals surface area contributed by atoms with E-state index in [0.717, 1.165) is 5.56 Å². The molecule has 1 aromatic carbocycles. The van der Waals surface area contributed by atoms with Crippen molar-refractivity contribution >= 4 is 11.6 Å². The second kappa shape index (κ2) is 3.91. The van der Waals surface area contributed by atoms with Crippen molar-refractivity contribution in [1.82, 2.24) is 5.73 Å². The Morgan fingerprint density at radius 1 is 1.38 bits per heavy atom. The number of anilines is 1. The van der Waals surface area contributed by atoms with Crippen molar-refractivity contribution in [3.05, 3.63) is 29.8 Å². The Kier molecular flexibility index (Phi) is 2.87. The predicted molar refractivity (Wildman–Crippen MR) is 50.6 cm³/mol. The number of nitrogens with one attached hydrogen (secondary N) is 1. The van der Waals surface area contributed by atoms with Gasteiger partial charge in [-0.05, 0) is 24.1 Å². The summed E-state index contributed by atoms with van der Waals surface area (Å²) >= 11 is 0. The molecule has 69 valence electrons. The Balaban J connectivity index is 2.64. The first-order chi connectivity index (χ1) is 6.09. The topological polar surface area (TPSA) is 92.9 Å². The van der Waals surface area contributed by atoms with E-state index in [9.17, 15) is 4.79 Å². The van der Waals surface area contributed by atoms with Crippen LogP contribution in [0.25, 0.3) is 0 Å². The molecule has 0 saturated carbocycles. The van der Waals surface area contributed by atoms with Gasteiger partial charge in [-0.1, -0.05) is 12.1 Å². The van der Waals surface area contributed by atoms with Crippen LogP contribution in [0.4, 0.5) is 5.69 Å². The van der Waals surface area contributed by atoms with E-state index in [1.807, 2.05) is 0 Å². The lowest BCUT2D eigenvalue weighted by Crippen LogP contribution is -2.33. The molecule has 13 heavy (non-hydrogen) atoms. The van der Waals surface area contributed by atoms with Crippen molar-refractivity contribution in [3.8, 4) is 0 Å². The number of rotatable bonds is 3. The van der Waals surface area contributed by atoms with Gasteiger partial charge in [0.1, 0.15) is 0 Å². The summed E-state index contributed by atoms with van der Waals surface area (Å²) < 4.78 is 0. The highest BCUT2D eigenvalue weighted by atomic mass is 16.1. The Bertz CT molecular complexity index is 294. The van der Waals surface area contributed by atoms with Crippen LogP contribution in [0.5, 0.6) is 0 Å². The maximum absolute atomic E-state index is 10.5. The molecule has 1 atom stereocenters. The molecule has 4 nitrogen and oxygen atoms in total. The quantitative estimate of drug-likeness (QED) is 0.635. The third-order valence-corrected chi connectivity index (χ3v) is 1.77. The van der Waals surface area contributed by atoms with Crippen LogP contribution in [0.2, 0.25) is 0 Å². The molecule has 0 aliphatic carbocycles. The van der Waals surface area contributed by atoms with Gasteiger partial charge in [-0.2, -0.15) is 0 Å². The SMILES string of the molecule is [NH]C(=O)[C@@H](N)Cc1ccc(N)cc1. The summed E-state index contributed by atoms with van der Waals surface area (Å²) in [5.41, 5.74) is 19.3. The predicted octanol–water partition coefficient (Wildman–Crippen LogP) is -0.0519. The largest absolute Gasteiger partial charge is 0.399 e. The zero-order chi connectivity index (χ0) is 9.84. The van der Waals surface area contributed by atoms with E-state index in [4.69, 9.17) is 17.2 Å². The molecule has 0 fully saturated rings. The Hall–Kier alpha value is -1.55. The van der Waals surface area contributed by atoms with Gasteiger partial charge in [0.05, 0.1) is 6.04 Å². The maximum atomic E-state index is 10.5. The third kappa shape index (κ3) is 2.76. The molecule has 0 aromatic heterocycles. The zero-order valence-corrected chi connectivity index (χ0v) is 7.16. The van der Waals surface area contributed by atoms with Gasteiger partial charge in [0, 0.05) is 5.69 Å². The smallest absolute Gasteiger partial charge is 0.255 e. The van der Waals surface area contributed by atoms with Gasteiger partial charge in [0.15, 0.2) is 0 Å². The molecule has 1 rings (SSSR count). The molecular weight excluding hydrogens is 166 g/mol. The summed E-state index contributed by atoms with van der Waals surface area (Å²) in [6, 6.07) is 6.37. The van der Waals surface area contributed by atoms with Crippen LogP contribution >= 0.6 is 0 Å². The first-order valence-corrected chi connectivity index (χ1v) is 3.95. The van der Waals surface area contributed by atoms with Crippen LogP contribution in [0.1, 0.15) is 5.56 Å². The highest BCUT2D eigenvalue weighted by molar-refractivity contribution is 5.79. The Morgan fingerprint density at radius 3 is 2.38 bits per heavy atom. The first-order valence-electron chi connectivity index (χ1n) is 3.95. The lowest BCUT2D eigenvalue weighted by Gasteiger charge is -2.06. The fraction of sp³-hybridized carbons (Fsp3) is 0.222. The van der Waals surface area contributed by atoms with E-state index in [1.54, 1.807) is 24.3 Å². The van der Waals surface area contributed by atoms with Crippen molar-refractivity contribution in [2.75, 3.05) is 5.73 Å². The summed E-state index contributed by atoms with van der Waals surface area (Å²) in [6.07, 6.45) is 0.391. The van der Waals surface area contributed by atoms with Crippen molar-refractivity contribution < 1.29 is 4.79 Å². The van der Waals surface area contributed by atoms with Crippen LogP contribution in [0, 0.1) is 0 Å². The molecule has 4 heteroatoms. The van der Waals surface area contributed by atoms with E-state index in [1.165, 1.54) is 0 Å². The van der Waals surface area contributed by atoms with Crippen molar-refractivity contribution in [2.24, 2.45) is 5.73 Å². The molecule has 1 amide bonds. The zero-order valence-electron chi connectivity index (χ0n) is 7.16. The van der Waals surface area contributed by atoms with Gasteiger partial charge in [-0.3, -0.25) is 10.5 Å². The van der Waals surface area contributed by atoms with E-state index in [2.05, 4.69) is 0 Å². The number of amides is 1. The molecule has 0 aliphatic rings. The minimum atomic E-state index is -0.739. The summed E-state index contributed by atoms with van der Waals surface area (Å²) in [6.45, 7) is 0. The summed E-state index contributed by atoms with van der Waals surface area (Å²) in [4.78, 5) is 10.5. The standard InChI is InChI=1S/C9H12N3O/c10-7-3-1-6(2-4-7)5-8(11)9(12)13/h1-4,8,12H,5,10-11H2/t8-/m0/s1. The molecule has 0 spiro atoms. The fourth-order valence-electron chi connectivity index (χ4n) is 1.00. The van der Waals surface area contributed by atoms with Gasteiger partial charge in [0.2, 0.25) is 0 Å². The highest BCUT2D eigenvalue weighted by Gasteiger charge is 2.09. The van der Waals surface area contributed by atoms with Crippen LogP contribution < -0.4 is 17.2 Å². The van der Waals surface area contributed by atoms with Crippen LogP contribution in [0.3, 0.4) is 0 Å². The number of hydrogen-bond donors (Lipinski definition) is 2. The number of carbonyl (C=O) groups is 1. The van der Waals surface area contributed by atoms with Crippen molar-refractivity contribution in [1.29, 1.82) is 0 Å². The van der Waals surface area contributed by atoms with Crippen LogP contribution in [0.15, 0.2) is 24.3 Å². The molecule has 0 bridgehead atoms. The molecule has 5 N–H and O–H groups in total. The summed E-state index contributed by atoms with van der Waals surface area (Å²) in [7, 11) is 0. The summed E-state index contributed by atoms with van der Waals surface area (Å²) in [5, 5.41) is 0. The van der Waals surface area contributed by atoms with E-state index < -0.39 is 11.9 Å². The van der Waals surface area contributed by atoms with E-state index >= 15 is 0 Å². The lowest BCUT2D eigenvalue weighted by atomic mass is 10.1. The molecule has 0 heterocycles. The normalized spacial score (nSPS) is 12.4. The monoisotopic (exact) mass is 178 g/mol. The van der Waals surface area contributed by atoms with Crippen LogP contribution in [-0.2, 0) is 11.2 Å². The average Bonchev–Trinajstić information content (AvgIpc) is 2.08. The number of nitrogen functional groups attached to an aromatic ring is 1. The minimum absolute atomic E-state index is 0.391. The van der Waals surface area contributed by atoms with Crippen molar-refractivity contribution in [2.45, 2.75) is 12.5 Å². The molecule has 0 unspecified atom stereocenters. The van der Waals surface area contributed by atoms with E-state index in [0.29, 0.717) is 12.1 Å². The second-order valence-electron chi connectivity index (χ2n) is 2.92. The van der Waals surface area contributed by atoms with Gasteiger partial charge in [0.25, 0.3) is 5.91 Å². The molecule has 1 radical (unpaired) electrons. The summed E-state index contributed by atoms with van der Waals surface area (Å²) in [5.74, 6) is -0.739. The maximum Gasteiger partial charge on any atom is 0.255 e. The Labute approximate surface area is 76.7 Å². The van der Waals surface area contributed by atoms with E-state index in [-0.39, 0.29) is 0 Å². The molecule has 0 saturated heterocycles. The minimum Gasteiger partial charge on any atom is -0.399 e. The number of carbonyl (C=O) groups excluding carboxylic acids is 1. The first kappa shape index (κ1) is 9.54. The average molecular weight is 178 g/mol. The number of benzene rings is 1. The third-order valence-electron chi connectivity index (χ3n) is 1.77. The van der Waals surface area contributed by atoms with Gasteiger partial charge in [-0.25, -0.2) is 0 Å². The van der Waals surface area contributed by atoms with Gasteiger partial charge in [-0.15, -0.1) is 0 Å². The number of hydrogen-bond acceptors (Lipinski definition) is 3. The van der Waals surface area contributed by atoms with Crippen molar-refractivity contribution in [3.63, 3.8) is 0 Å². The second-order valence-corrected chi connectivity index (χ2v) is 2.92.